The SMILES string of the molecule is O=C1NC(=O)[C@]2(Cc3ccccc3N3CCN(c4ccccc4)C[C@@H]32)C(=O)N1c1ccc(Cl)cc1. The van der Waals surface area contributed by atoms with Gasteiger partial charge in [-0.3, -0.25) is 14.9 Å². The average molecular weight is 487 g/mol. The minimum atomic E-state index is -1.46. The molecule has 1 N–H and O–H groups in total. The highest BCUT2D eigenvalue weighted by Gasteiger charge is 2.63. The van der Waals surface area contributed by atoms with Crippen LogP contribution in [0, 0.1) is 5.41 Å². The molecule has 3 heterocycles. The van der Waals surface area contributed by atoms with E-state index >= 15 is 0 Å². The molecule has 6 rings (SSSR count). The molecular weight excluding hydrogens is 464 g/mol. The van der Waals surface area contributed by atoms with E-state index in [0.717, 1.165) is 28.4 Å². The summed E-state index contributed by atoms with van der Waals surface area (Å²) in [5.41, 5.74) is 1.91. The fourth-order valence-corrected chi connectivity index (χ4v) is 5.78. The van der Waals surface area contributed by atoms with Gasteiger partial charge in [-0.25, -0.2) is 9.69 Å². The Morgan fingerprint density at radius 3 is 2.31 bits per heavy atom. The first kappa shape index (κ1) is 21.7. The number of fused-ring (bicyclic) bond motifs is 4. The third-order valence-electron chi connectivity index (χ3n) is 7.34. The first-order chi connectivity index (χ1) is 17.0. The summed E-state index contributed by atoms with van der Waals surface area (Å²) in [6, 6.07) is 23.2. The summed E-state index contributed by atoms with van der Waals surface area (Å²) in [6.45, 7) is 1.87. The third-order valence-corrected chi connectivity index (χ3v) is 7.59. The molecule has 0 bridgehead atoms. The van der Waals surface area contributed by atoms with Gasteiger partial charge in [0.1, 0.15) is 0 Å². The lowest BCUT2D eigenvalue weighted by Crippen LogP contribution is -2.75. The van der Waals surface area contributed by atoms with Gasteiger partial charge in [0, 0.05) is 36.0 Å². The molecule has 0 radical (unpaired) electrons. The largest absolute Gasteiger partial charge is 0.368 e. The fraction of sp³-hybridized carbons (Fsp3) is 0.222. The van der Waals surface area contributed by atoms with E-state index in [-0.39, 0.29) is 6.42 Å². The monoisotopic (exact) mass is 486 g/mol. The number of imide groups is 2. The number of barbiturate groups is 1. The molecule has 1 spiro atoms. The maximum absolute atomic E-state index is 14.3. The first-order valence-corrected chi connectivity index (χ1v) is 12.0. The summed E-state index contributed by atoms with van der Waals surface area (Å²) < 4.78 is 0. The number of hydrogen-bond acceptors (Lipinski definition) is 5. The van der Waals surface area contributed by atoms with Crippen molar-refractivity contribution in [3.8, 4) is 0 Å². The number of para-hydroxylation sites is 2. The minimum absolute atomic E-state index is 0.217. The van der Waals surface area contributed by atoms with Crippen LogP contribution < -0.4 is 20.0 Å². The minimum Gasteiger partial charge on any atom is -0.368 e. The molecule has 0 aliphatic carbocycles. The lowest BCUT2D eigenvalue weighted by atomic mass is 9.67. The number of nitrogens with zero attached hydrogens (tertiary/aromatic N) is 3. The van der Waals surface area contributed by atoms with Crippen LogP contribution in [0.15, 0.2) is 78.9 Å². The summed E-state index contributed by atoms with van der Waals surface area (Å²) >= 11 is 6.04. The second-order valence-electron chi connectivity index (χ2n) is 9.14. The van der Waals surface area contributed by atoms with Crippen LogP contribution in [0.3, 0.4) is 0 Å². The lowest BCUT2D eigenvalue weighted by molar-refractivity contribution is -0.144. The predicted octanol–water partition coefficient (Wildman–Crippen LogP) is 3.86. The van der Waals surface area contributed by atoms with Crippen molar-refractivity contribution in [1.29, 1.82) is 0 Å². The Hall–Kier alpha value is -3.84. The van der Waals surface area contributed by atoms with Gasteiger partial charge in [-0.15, -0.1) is 0 Å². The Kier molecular flexibility index (Phi) is 5.04. The summed E-state index contributed by atoms with van der Waals surface area (Å²) in [5, 5.41) is 2.99. The van der Waals surface area contributed by atoms with Crippen molar-refractivity contribution >= 4 is 46.5 Å². The molecule has 2 fully saturated rings. The average Bonchev–Trinajstić information content (AvgIpc) is 2.88. The molecule has 2 atom stereocenters. The Balaban J connectivity index is 1.48. The quantitative estimate of drug-likeness (QED) is 0.557. The van der Waals surface area contributed by atoms with Crippen LogP contribution >= 0.6 is 11.6 Å². The molecule has 35 heavy (non-hydrogen) atoms. The highest BCUT2D eigenvalue weighted by Crippen LogP contribution is 2.46. The van der Waals surface area contributed by atoms with Crippen LogP contribution in [0.2, 0.25) is 5.02 Å². The zero-order valence-electron chi connectivity index (χ0n) is 18.9. The molecule has 0 aromatic heterocycles. The van der Waals surface area contributed by atoms with Gasteiger partial charge in [0.05, 0.1) is 11.7 Å². The molecule has 2 saturated heterocycles. The number of benzene rings is 3. The van der Waals surface area contributed by atoms with Gasteiger partial charge in [0.15, 0.2) is 5.41 Å². The van der Waals surface area contributed by atoms with Gasteiger partial charge in [-0.1, -0.05) is 48.0 Å². The number of piperazine rings is 1. The number of urea groups is 1. The molecule has 3 aromatic carbocycles. The predicted molar refractivity (Wildman–Crippen MR) is 135 cm³/mol. The van der Waals surface area contributed by atoms with Gasteiger partial charge in [-0.2, -0.15) is 0 Å². The smallest absolute Gasteiger partial charge is 0.335 e. The number of anilines is 3. The number of hydrogen-bond donors (Lipinski definition) is 1. The van der Waals surface area contributed by atoms with Gasteiger partial charge in [0.25, 0.3) is 5.91 Å². The Morgan fingerprint density at radius 1 is 0.829 bits per heavy atom. The van der Waals surface area contributed by atoms with Crippen molar-refractivity contribution < 1.29 is 14.4 Å². The van der Waals surface area contributed by atoms with Crippen LogP contribution in [0.25, 0.3) is 0 Å². The summed E-state index contributed by atoms with van der Waals surface area (Å²) in [4.78, 5) is 46.4. The van der Waals surface area contributed by atoms with Gasteiger partial charge < -0.3 is 9.80 Å². The topological polar surface area (TPSA) is 73.0 Å². The first-order valence-electron chi connectivity index (χ1n) is 11.6. The van der Waals surface area contributed by atoms with E-state index in [1.54, 1.807) is 24.3 Å². The summed E-state index contributed by atoms with van der Waals surface area (Å²) in [7, 11) is 0. The standard InChI is InChI=1S/C27H23ClN4O3/c28-19-10-12-21(13-11-19)32-25(34)27(24(33)29-26(32)35)16-18-6-4-5-9-22(18)31-15-14-30(17-23(27)31)20-7-2-1-3-8-20/h1-13,23H,14-17H2,(H,29,33,35)/t23-,27-/m1/s1. The molecule has 3 aromatic rings. The molecule has 4 amide bonds. The zero-order chi connectivity index (χ0) is 24.2. The van der Waals surface area contributed by atoms with Gasteiger partial charge in [0.2, 0.25) is 5.91 Å². The van der Waals surface area contributed by atoms with Crippen LogP contribution in [-0.4, -0.2) is 43.5 Å². The van der Waals surface area contributed by atoms with E-state index in [2.05, 4.69) is 15.1 Å². The molecule has 0 unspecified atom stereocenters. The fourth-order valence-electron chi connectivity index (χ4n) is 5.65. The number of nitrogens with one attached hydrogen (secondary N) is 1. The van der Waals surface area contributed by atoms with E-state index in [0.29, 0.717) is 23.8 Å². The van der Waals surface area contributed by atoms with E-state index in [1.807, 2.05) is 54.6 Å². The second-order valence-corrected chi connectivity index (χ2v) is 9.58. The number of halogens is 1. The second kappa shape index (κ2) is 8.13. The molecule has 176 valence electrons. The third kappa shape index (κ3) is 3.30. The van der Waals surface area contributed by atoms with Crippen LogP contribution in [0.1, 0.15) is 5.56 Å². The van der Waals surface area contributed by atoms with Gasteiger partial charge >= 0.3 is 6.03 Å². The summed E-state index contributed by atoms with van der Waals surface area (Å²) in [6.07, 6.45) is 0.217. The van der Waals surface area contributed by atoms with Crippen molar-refractivity contribution in [2.24, 2.45) is 5.41 Å². The normalized spacial score (nSPS) is 23.7. The number of rotatable bonds is 2. The Morgan fingerprint density at radius 2 is 1.54 bits per heavy atom. The van der Waals surface area contributed by atoms with Crippen molar-refractivity contribution in [2.75, 3.05) is 34.3 Å². The molecule has 3 aliphatic rings. The van der Waals surface area contributed by atoms with E-state index in [9.17, 15) is 14.4 Å². The maximum atomic E-state index is 14.3. The van der Waals surface area contributed by atoms with Crippen molar-refractivity contribution in [1.82, 2.24) is 5.32 Å². The van der Waals surface area contributed by atoms with Crippen molar-refractivity contribution in [3.05, 3.63) is 89.4 Å². The van der Waals surface area contributed by atoms with Gasteiger partial charge in [-0.05, 0) is 54.4 Å². The Labute approximate surface area is 207 Å². The zero-order valence-corrected chi connectivity index (χ0v) is 19.6. The lowest BCUT2D eigenvalue weighted by Gasteiger charge is -2.55. The van der Waals surface area contributed by atoms with E-state index in [1.165, 1.54) is 0 Å². The van der Waals surface area contributed by atoms with Crippen molar-refractivity contribution in [2.45, 2.75) is 12.5 Å². The highest BCUT2D eigenvalue weighted by atomic mass is 35.5. The van der Waals surface area contributed by atoms with Crippen LogP contribution in [0.4, 0.5) is 21.9 Å². The molecular formula is C27H23ClN4O3. The molecule has 8 heteroatoms. The molecule has 0 saturated carbocycles. The number of amides is 4. The van der Waals surface area contributed by atoms with E-state index < -0.39 is 29.3 Å². The van der Waals surface area contributed by atoms with Crippen LogP contribution in [0.5, 0.6) is 0 Å². The Bertz CT molecular complexity index is 1330. The number of carbonyl (C=O) groups excluding carboxylic acids is 3. The molecule has 3 aliphatic heterocycles. The highest BCUT2D eigenvalue weighted by molar-refractivity contribution is 6.32. The van der Waals surface area contributed by atoms with E-state index in [4.69, 9.17) is 11.6 Å². The van der Waals surface area contributed by atoms with Crippen molar-refractivity contribution in [3.63, 3.8) is 0 Å². The number of carbonyl (C=O) groups is 3. The maximum Gasteiger partial charge on any atom is 0.335 e. The van der Waals surface area contributed by atoms with Crippen LogP contribution in [-0.2, 0) is 16.0 Å². The molecule has 7 nitrogen and oxygen atoms in total. The summed E-state index contributed by atoms with van der Waals surface area (Å²) in [5.74, 6) is -1.05.